The van der Waals surface area contributed by atoms with Gasteiger partial charge in [0, 0.05) is 78.6 Å². The molecule has 0 amide bonds. The lowest BCUT2D eigenvalue weighted by Gasteiger charge is -2.48. The second-order valence-electron chi connectivity index (χ2n) is 21.4. The largest absolute Gasteiger partial charge is 0.508 e. The van der Waals surface area contributed by atoms with Crippen molar-refractivity contribution in [3.8, 4) is 39.2 Å². The van der Waals surface area contributed by atoms with E-state index in [-0.39, 0.29) is 71.6 Å². The second kappa shape index (κ2) is 19.7. The van der Waals surface area contributed by atoms with Crippen molar-refractivity contribution in [2.75, 3.05) is 39.1 Å². The van der Waals surface area contributed by atoms with Gasteiger partial charge in [-0.1, -0.05) is 36.0 Å². The van der Waals surface area contributed by atoms with Gasteiger partial charge in [-0.05, 0) is 172 Å². The molecule has 5 aliphatic rings. The predicted molar refractivity (Wildman–Crippen MR) is 281 cm³/mol. The molecule has 11 nitrogen and oxygen atoms in total. The van der Waals surface area contributed by atoms with E-state index in [1.54, 1.807) is 42.1 Å². The number of fused-ring (bicyclic) bond motifs is 7. The fraction of sp³-hybridized carbons (Fsp3) is 0.491. The molecular formula is C57H67N7O4S2. The van der Waals surface area contributed by atoms with E-state index >= 15 is 4.79 Å². The number of anilines is 1. The van der Waals surface area contributed by atoms with Crippen molar-refractivity contribution in [2.45, 2.75) is 96.1 Å². The number of carbonyl (C=O) groups is 1. The van der Waals surface area contributed by atoms with Crippen LogP contribution in [-0.2, 0) is 25.7 Å². The average molecular weight is 978 g/mol. The monoisotopic (exact) mass is 977 g/mol. The van der Waals surface area contributed by atoms with Crippen LogP contribution in [0.25, 0.3) is 9.75 Å². The third-order valence-electron chi connectivity index (χ3n) is 17.1. The summed E-state index contributed by atoms with van der Waals surface area (Å²) in [7, 11) is 3.71. The molecule has 366 valence electrons. The smallest absolute Gasteiger partial charge is 0.188 e. The van der Waals surface area contributed by atoms with Crippen LogP contribution in [0, 0.1) is 70.0 Å². The number of thiophene rings is 2. The van der Waals surface area contributed by atoms with Crippen molar-refractivity contribution < 1.29 is 20.1 Å². The Kier molecular flexibility index (Phi) is 13.5. The zero-order chi connectivity index (χ0) is 48.8. The van der Waals surface area contributed by atoms with E-state index in [0.29, 0.717) is 37.3 Å². The van der Waals surface area contributed by atoms with Crippen molar-refractivity contribution in [2.24, 2.45) is 57.1 Å². The van der Waals surface area contributed by atoms with Crippen LogP contribution in [0.15, 0.2) is 72.1 Å². The molecule has 2 aromatic carbocycles. The Balaban J connectivity index is 1.18. The van der Waals surface area contributed by atoms with E-state index in [4.69, 9.17) is 5.73 Å². The lowest BCUT2D eigenvalue weighted by Crippen LogP contribution is -2.50. The molecule has 10 rings (SSSR count). The number of phenols is 1. The van der Waals surface area contributed by atoms with Gasteiger partial charge in [-0.3, -0.25) is 9.79 Å². The van der Waals surface area contributed by atoms with Crippen LogP contribution < -0.4 is 21.7 Å². The summed E-state index contributed by atoms with van der Waals surface area (Å²) < 4.78 is 0. The number of benzene rings is 2. The predicted octanol–water partition coefficient (Wildman–Crippen LogP) is 8.18. The van der Waals surface area contributed by atoms with E-state index in [1.807, 2.05) is 39.2 Å². The van der Waals surface area contributed by atoms with Crippen LogP contribution in [0.1, 0.15) is 107 Å². The maximum absolute atomic E-state index is 15.7. The van der Waals surface area contributed by atoms with Crippen molar-refractivity contribution in [3.05, 3.63) is 110 Å². The molecule has 70 heavy (non-hydrogen) atoms. The lowest BCUT2D eigenvalue weighted by atomic mass is 9.57. The number of aliphatic hydroxyl groups excluding tert-OH is 1. The topological polar surface area (TPSA) is 181 Å². The Bertz CT molecular complexity index is 2900. The van der Waals surface area contributed by atoms with Crippen LogP contribution in [0.3, 0.4) is 0 Å². The summed E-state index contributed by atoms with van der Waals surface area (Å²) in [5.74, 6) is 14.7. The van der Waals surface area contributed by atoms with E-state index in [9.17, 15) is 15.3 Å². The number of imidazole rings is 1. The molecule has 7 bridgehead atoms. The molecule has 4 aliphatic carbocycles. The van der Waals surface area contributed by atoms with Gasteiger partial charge in [-0.15, -0.1) is 28.6 Å². The summed E-state index contributed by atoms with van der Waals surface area (Å²) in [5, 5.41) is 46.3. The number of nitrogens with zero attached hydrogens (tertiary/aromatic N) is 2. The van der Waals surface area contributed by atoms with Gasteiger partial charge in [0.2, 0.25) is 0 Å². The van der Waals surface area contributed by atoms with Gasteiger partial charge in [0.05, 0.1) is 32.9 Å². The Morgan fingerprint density at radius 1 is 1.06 bits per heavy atom. The number of Topliss-reactive ketones (excluding diaryl/α,β-unsaturated/α-hetero) is 1. The van der Waals surface area contributed by atoms with Crippen molar-refractivity contribution in [3.63, 3.8) is 0 Å². The zero-order valence-corrected chi connectivity index (χ0v) is 42.5. The van der Waals surface area contributed by atoms with E-state index in [2.05, 4.69) is 91.0 Å². The molecule has 0 radical (unpaired) electrons. The third kappa shape index (κ3) is 9.21. The van der Waals surface area contributed by atoms with Crippen molar-refractivity contribution >= 4 is 40.1 Å². The number of phenolic OH excluding ortho intramolecular Hbond substituents is 1. The normalized spacial score (nSPS) is 30.3. The summed E-state index contributed by atoms with van der Waals surface area (Å²) in [5.41, 5.74) is 11.5. The Morgan fingerprint density at radius 2 is 1.89 bits per heavy atom. The highest BCUT2D eigenvalue weighted by Crippen LogP contribution is 2.71. The highest BCUT2D eigenvalue weighted by atomic mass is 32.1. The summed E-state index contributed by atoms with van der Waals surface area (Å²) >= 11 is 3.26. The third-order valence-corrected chi connectivity index (χ3v) is 19.4. The molecule has 5 aromatic rings. The minimum atomic E-state index is -1.16. The van der Waals surface area contributed by atoms with Gasteiger partial charge in [0.25, 0.3) is 0 Å². The summed E-state index contributed by atoms with van der Waals surface area (Å²) in [6, 6.07) is 18.2. The number of hydrogen-bond donors (Lipinski definition) is 8. The summed E-state index contributed by atoms with van der Waals surface area (Å²) in [4.78, 5) is 31.8. The van der Waals surface area contributed by atoms with E-state index in [1.165, 1.54) is 5.56 Å². The molecule has 0 saturated heterocycles. The van der Waals surface area contributed by atoms with Crippen molar-refractivity contribution in [1.29, 1.82) is 0 Å². The lowest BCUT2D eigenvalue weighted by molar-refractivity contribution is 0.0159. The minimum Gasteiger partial charge on any atom is -0.508 e. The van der Waals surface area contributed by atoms with Crippen LogP contribution in [0.4, 0.5) is 5.69 Å². The molecule has 1 aliphatic heterocycles. The van der Waals surface area contributed by atoms with Gasteiger partial charge < -0.3 is 42.0 Å². The first-order valence-electron chi connectivity index (χ1n) is 25.2. The minimum absolute atomic E-state index is 0.00805. The maximum Gasteiger partial charge on any atom is 0.188 e. The second-order valence-corrected chi connectivity index (χ2v) is 23.6. The molecule has 10 atom stereocenters. The van der Waals surface area contributed by atoms with E-state index in [0.717, 1.165) is 98.9 Å². The Morgan fingerprint density at radius 3 is 2.67 bits per heavy atom. The number of nitrogens with one attached hydrogen (secondary N) is 4. The number of nitrogens with two attached hydrogens (primary N) is 1. The fourth-order valence-electron chi connectivity index (χ4n) is 14.2. The van der Waals surface area contributed by atoms with Gasteiger partial charge in [-0.25, -0.2) is 4.98 Å². The zero-order valence-electron chi connectivity index (χ0n) is 40.8. The average Bonchev–Trinajstić information content (AvgIpc) is 4.20. The number of β-amino-alcohol motifs (C(OH)–C–C–N with tert-alkyl or cyclic N) is 1. The molecule has 9 N–H and O–H groups in total. The van der Waals surface area contributed by atoms with Gasteiger partial charge in [0.15, 0.2) is 11.7 Å². The molecule has 3 fully saturated rings. The number of ketones is 1. The highest BCUT2D eigenvalue weighted by molar-refractivity contribution is 7.23. The number of rotatable bonds is 9. The summed E-state index contributed by atoms with van der Waals surface area (Å²) in [6.07, 6.45) is 11.7. The Hall–Kier alpha value is -5.41. The first-order chi connectivity index (χ1) is 33.8. The molecule has 3 saturated carbocycles. The summed E-state index contributed by atoms with van der Waals surface area (Å²) in [6.45, 7) is 4.83. The molecule has 3 aromatic heterocycles. The van der Waals surface area contributed by atoms with Gasteiger partial charge >= 0.3 is 0 Å². The van der Waals surface area contributed by atoms with Gasteiger partial charge in [0.1, 0.15) is 5.75 Å². The first-order valence-corrected chi connectivity index (χ1v) is 26.8. The molecule has 13 heteroatoms. The quantitative estimate of drug-likeness (QED) is 0.0313. The number of carbonyl (C=O) groups excluding carboxylic acids is 1. The van der Waals surface area contributed by atoms with Crippen LogP contribution in [-0.4, -0.2) is 82.5 Å². The van der Waals surface area contributed by atoms with Crippen molar-refractivity contribution in [1.82, 2.24) is 20.6 Å². The first kappa shape index (κ1) is 48.2. The molecular weight excluding hydrogens is 911 g/mol. The number of guanidine groups is 1. The number of aromatic nitrogens is 2. The number of aromatic amines is 1. The fourth-order valence-corrected chi connectivity index (χ4v) is 16.2. The SMILES string of the molecule is CC#Cc1ccc(-c2ccc(C(=O)C3CCC4CC35CC(C3C#Cc6c(cc(O)cc6NCC(C)(O)Cc6cccc(c6Cc6cnc[nH]6)C3)CC4NC(N)=NC)C3(CCC(CNC)C3CO)C5)s2)s1. The maximum atomic E-state index is 15.7. The molecule has 4 heterocycles. The van der Waals surface area contributed by atoms with E-state index < -0.39 is 11.0 Å². The highest BCUT2D eigenvalue weighted by Gasteiger charge is 2.66. The number of aromatic hydroxyl groups is 1. The molecule has 10 unspecified atom stereocenters. The van der Waals surface area contributed by atoms with Crippen LogP contribution in [0.2, 0.25) is 0 Å². The van der Waals surface area contributed by atoms with Crippen LogP contribution >= 0.6 is 22.7 Å². The number of aliphatic imine (C=N–C) groups is 1. The number of H-pyrrole nitrogens is 1. The van der Waals surface area contributed by atoms with Gasteiger partial charge in [-0.2, -0.15) is 0 Å². The Labute approximate surface area is 420 Å². The standard InChI is InChI=1S/C57H67N7O4S2/c1-5-7-42-12-15-50(69-42)51-16-17-52(70-51)53(67)45-14-11-37-26-56(45)27-46(57(31-56)19-18-38(28-59-3)47(57)30-65)35-10-13-43-39(22-48(37)64-54(58)60-4)21-41(66)24-49(43)62-32-55(2,68)25-36-9-6-8-34(20-35)44(36)23-40-29-61-33-63-40/h6,8-9,12,15-17,21,24,29,33,35,37-38,45-48,59,62,65-66,68H,11,14,18-20,22-23,25-28,30-32H2,1-4H3,(H,61,63)(H3,58,60,64). The van der Waals surface area contributed by atoms with Crippen LogP contribution in [0.5, 0.6) is 5.75 Å². The molecule has 2 spiro atoms. The number of hydrogen-bond acceptors (Lipinski definition) is 10. The number of aliphatic hydroxyl groups is 2.